The minimum atomic E-state index is -0.833. The van der Waals surface area contributed by atoms with Crippen LogP contribution < -0.4 is 0 Å². The van der Waals surface area contributed by atoms with Gasteiger partial charge in [-0.25, -0.2) is 0 Å². The number of likely N-dealkylation sites (N-methyl/N-ethyl adjacent to an activating group) is 1. The molecule has 0 bridgehead atoms. The number of benzene rings is 1. The van der Waals surface area contributed by atoms with Gasteiger partial charge in [-0.3, -0.25) is 4.90 Å². The highest BCUT2D eigenvalue weighted by Crippen LogP contribution is 2.42. The van der Waals surface area contributed by atoms with Crippen molar-refractivity contribution < 1.29 is 10.2 Å². The van der Waals surface area contributed by atoms with Gasteiger partial charge in [0, 0.05) is 13.0 Å². The Bertz CT molecular complexity index is 499. The van der Waals surface area contributed by atoms with E-state index in [0.717, 1.165) is 18.4 Å². The molecule has 2 rings (SSSR count). The molecule has 0 heterocycles. The predicted molar refractivity (Wildman–Crippen MR) is 89.3 cm³/mol. The van der Waals surface area contributed by atoms with Crippen LogP contribution in [0.1, 0.15) is 37.7 Å². The molecule has 1 aliphatic carbocycles. The second-order valence-electron chi connectivity index (χ2n) is 6.26. The number of hydrogen-bond acceptors (Lipinski definition) is 3. The highest BCUT2D eigenvalue weighted by Gasteiger charge is 2.39. The highest BCUT2D eigenvalue weighted by atomic mass is 16.3. The summed E-state index contributed by atoms with van der Waals surface area (Å²) in [6.45, 7) is 1.39. The van der Waals surface area contributed by atoms with Crippen molar-refractivity contribution in [2.24, 2.45) is 5.92 Å². The largest absolute Gasteiger partial charge is 0.395 e. The maximum absolute atomic E-state index is 11.3. The molecule has 0 aromatic heterocycles. The Morgan fingerprint density at radius 2 is 1.86 bits per heavy atom. The third-order valence-electron chi connectivity index (χ3n) is 4.62. The summed E-state index contributed by atoms with van der Waals surface area (Å²) in [5.74, 6) is 6.60. The van der Waals surface area contributed by atoms with E-state index < -0.39 is 5.60 Å². The van der Waals surface area contributed by atoms with Crippen LogP contribution in [-0.4, -0.2) is 41.9 Å². The molecule has 0 radical (unpaired) electrons. The first kappa shape index (κ1) is 17.0. The van der Waals surface area contributed by atoms with E-state index in [-0.39, 0.29) is 6.61 Å². The molecule has 1 aromatic rings. The van der Waals surface area contributed by atoms with E-state index in [9.17, 15) is 5.11 Å². The van der Waals surface area contributed by atoms with E-state index in [1.807, 2.05) is 42.3 Å². The van der Waals surface area contributed by atoms with Crippen molar-refractivity contribution >= 4 is 0 Å². The lowest BCUT2D eigenvalue weighted by Crippen LogP contribution is -2.33. The van der Waals surface area contributed by atoms with E-state index in [1.54, 1.807) is 0 Å². The minimum Gasteiger partial charge on any atom is -0.395 e. The molecule has 0 amide bonds. The number of rotatable bonds is 6. The van der Waals surface area contributed by atoms with Crippen LogP contribution in [0.15, 0.2) is 30.3 Å². The Morgan fingerprint density at radius 3 is 2.50 bits per heavy atom. The van der Waals surface area contributed by atoms with Gasteiger partial charge in [0.25, 0.3) is 0 Å². The molecule has 1 atom stereocenters. The second kappa shape index (κ2) is 8.33. The van der Waals surface area contributed by atoms with Crippen molar-refractivity contribution in [1.29, 1.82) is 0 Å². The number of aliphatic hydroxyl groups excluding tert-OH is 1. The Balaban J connectivity index is 2.07. The zero-order valence-corrected chi connectivity index (χ0v) is 13.5. The lowest BCUT2D eigenvalue weighted by Gasteiger charge is -2.33. The molecule has 0 unspecified atom stereocenters. The van der Waals surface area contributed by atoms with Gasteiger partial charge in [-0.15, -0.1) is 0 Å². The molecule has 2 N–H and O–H groups in total. The van der Waals surface area contributed by atoms with Gasteiger partial charge < -0.3 is 10.2 Å². The van der Waals surface area contributed by atoms with Crippen LogP contribution in [0, 0.1) is 17.8 Å². The third kappa shape index (κ3) is 4.33. The average molecular weight is 301 g/mol. The van der Waals surface area contributed by atoms with Crippen molar-refractivity contribution in [3.63, 3.8) is 0 Å². The summed E-state index contributed by atoms with van der Waals surface area (Å²) in [4.78, 5) is 1.98. The SMILES string of the molecule is CN(CC#CC[C@](O)(c1ccccc1)C1CCCC1)CCO. The normalized spacial score (nSPS) is 18.0. The van der Waals surface area contributed by atoms with Crippen LogP contribution >= 0.6 is 0 Å². The fourth-order valence-corrected chi connectivity index (χ4v) is 3.25. The minimum absolute atomic E-state index is 0.147. The van der Waals surface area contributed by atoms with Gasteiger partial charge in [0.05, 0.1) is 13.2 Å². The van der Waals surface area contributed by atoms with Gasteiger partial charge in [-0.05, 0) is 31.4 Å². The van der Waals surface area contributed by atoms with Crippen LogP contribution in [0.4, 0.5) is 0 Å². The molecule has 3 heteroatoms. The van der Waals surface area contributed by atoms with Crippen molar-refractivity contribution in [3.8, 4) is 11.8 Å². The Morgan fingerprint density at radius 1 is 1.18 bits per heavy atom. The van der Waals surface area contributed by atoms with Gasteiger partial charge in [0.1, 0.15) is 5.60 Å². The summed E-state index contributed by atoms with van der Waals surface area (Å²) in [5.41, 5.74) is 0.153. The molecule has 0 aliphatic heterocycles. The van der Waals surface area contributed by atoms with Gasteiger partial charge in [0.2, 0.25) is 0 Å². The van der Waals surface area contributed by atoms with Gasteiger partial charge in [0.15, 0.2) is 0 Å². The smallest absolute Gasteiger partial charge is 0.103 e. The molecule has 3 nitrogen and oxygen atoms in total. The zero-order chi connectivity index (χ0) is 15.8. The quantitative estimate of drug-likeness (QED) is 0.793. The molecule has 1 fully saturated rings. The first-order valence-corrected chi connectivity index (χ1v) is 8.20. The van der Waals surface area contributed by atoms with E-state index in [4.69, 9.17) is 5.11 Å². The number of aliphatic hydroxyl groups is 2. The Hall–Kier alpha value is -1.34. The summed E-state index contributed by atoms with van der Waals surface area (Å²) in [5, 5.41) is 20.2. The van der Waals surface area contributed by atoms with Crippen molar-refractivity contribution in [3.05, 3.63) is 35.9 Å². The molecule has 0 spiro atoms. The molecule has 1 aliphatic rings. The van der Waals surface area contributed by atoms with Gasteiger partial charge >= 0.3 is 0 Å². The molecule has 1 aromatic carbocycles. The van der Waals surface area contributed by atoms with E-state index in [0.29, 0.717) is 25.4 Å². The monoisotopic (exact) mass is 301 g/mol. The topological polar surface area (TPSA) is 43.7 Å². The molecule has 120 valence electrons. The standard InChI is InChI=1S/C19H27NO2/c1-20(15-16-21)14-8-7-13-19(22,18-11-5-6-12-18)17-9-3-2-4-10-17/h2-4,9-10,18,21-22H,5-6,11-16H2,1H3/t19-/m0/s1. The number of hydrogen-bond donors (Lipinski definition) is 2. The van der Waals surface area contributed by atoms with Gasteiger partial charge in [-0.2, -0.15) is 0 Å². The average Bonchev–Trinajstić information content (AvgIpc) is 3.07. The maximum atomic E-state index is 11.3. The van der Waals surface area contributed by atoms with Crippen molar-refractivity contribution in [2.75, 3.05) is 26.7 Å². The summed E-state index contributed by atoms with van der Waals surface area (Å²) in [7, 11) is 1.94. The maximum Gasteiger partial charge on any atom is 0.103 e. The first-order valence-electron chi connectivity index (χ1n) is 8.20. The Labute approximate surface area is 134 Å². The van der Waals surface area contributed by atoms with Crippen LogP contribution in [-0.2, 0) is 5.60 Å². The fourth-order valence-electron chi connectivity index (χ4n) is 3.25. The molecule has 22 heavy (non-hydrogen) atoms. The number of nitrogens with zero attached hydrogens (tertiary/aromatic N) is 1. The van der Waals surface area contributed by atoms with Gasteiger partial charge in [-0.1, -0.05) is 55.0 Å². The van der Waals surface area contributed by atoms with Crippen molar-refractivity contribution in [2.45, 2.75) is 37.7 Å². The van der Waals surface area contributed by atoms with E-state index in [2.05, 4.69) is 11.8 Å². The van der Waals surface area contributed by atoms with Crippen LogP contribution in [0.2, 0.25) is 0 Å². The Kier molecular flexibility index (Phi) is 6.45. The second-order valence-corrected chi connectivity index (χ2v) is 6.26. The molecule has 0 saturated heterocycles. The highest BCUT2D eigenvalue weighted by molar-refractivity contribution is 5.26. The third-order valence-corrected chi connectivity index (χ3v) is 4.62. The van der Waals surface area contributed by atoms with Crippen molar-refractivity contribution in [1.82, 2.24) is 4.90 Å². The first-order chi connectivity index (χ1) is 10.7. The fraction of sp³-hybridized carbons (Fsp3) is 0.579. The van der Waals surface area contributed by atoms with Crippen LogP contribution in [0.25, 0.3) is 0 Å². The van der Waals surface area contributed by atoms with Crippen LogP contribution in [0.5, 0.6) is 0 Å². The molecular weight excluding hydrogens is 274 g/mol. The summed E-state index contributed by atoms with van der Waals surface area (Å²) >= 11 is 0. The van der Waals surface area contributed by atoms with E-state index >= 15 is 0 Å². The lowest BCUT2D eigenvalue weighted by atomic mass is 9.78. The zero-order valence-electron chi connectivity index (χ0n) is 13.5. The predicted octanol–water partition coefficient (Wildman–Crippen LogP) is 2.38. The lowest BCUT2D eigenvalue weighted by molar-refractivity contribution is -0.0173. The van der Waals surface area contributed by atoms with Crippen LogP contribution in [0.3, 0.4) is 0 Å². The summed E-state index contributed by atoms with van der Waals surface area (Å²) in [6.07, 6.45) is 5.04. The molecule has 1 saturated carbocycles. The summed E-state index contributed by atoms with van der Waals surface area (Å²) in [6, 6.07) is 9.97. The molecular formula is C19H27NO2. The summed E-state index contributed by atoms with van der Waals surface area (Å²) < 4.78 is 0. The van der Waals surface area contributed by atoms with E-state index in [1.165, 1.54) is 12.8 Å².